The zero-order valence-corrected chi connectivity index (χ0v) is 16.7. The lowest BCUT2D eigenvalue weighted by Gasteiger charge is -2.19. The summed E-state index contributed by atoms with van der Waals surface area (Å²) >= 11 is 0. The molecule has 3 rings (SSSR count). The van der Waals surface area contributed by atoms with Crippen LogP contribution in [-0.2, 0) is 22.0 Å². The Morgan fingerprint density at radius 3 is 2.22 bits per heavy atom. The Morgan fingerprint density at radius 2 is 1.63 bits per heavy atom. The van der Waals surface area contributed by atoms with Gasteiger partial charge in [0, 0.05) is 5.56 Å². The van der Waals surface area contributed by atoms with Crippen molar-refractivity contribution in [2.45, 2.75) is 44.6 Å². The number of hydrogen-bond acceptors (Lipinski definition) is 5. The van der Waals surface area contributed by atoms with Crippen molar-refractivity contribution in [1.29, 1.82) is 0 Å². The number of aryl methyl sites for hydroxylation is 1. The van der Waals surface area contributed by atoms with Gasteiger partial charge in [0.15, 0.2) is 0 Å². The van der Waals surface area contributed by atoms with Crippen LogP contribution in [0.2, 0.25) is 0 Å². The van der Waals surface area contributed by atoms with Gasteiger partial charge in [-0.05, 0) is 30.0 Å². The Kier molecular flexibility index (Phi) is 5.17. The largest absolute Gasteiger partial charge is 0.338 e. The quantitative estimate of drug-likeness (QED) is 0.722. The monoisotopic (exact) mass is 385 g/mol. The van der Waals surface area contributed by atoms with E-state index in [0.717, 1.165) is 16.7 Å². The number of aromatic nitrogens is 2. The Bertz CT molecular complexity index is 1020. The van der Waals surface area contributed by atoms with Gasteiger partial charge >= 0.3 is 0 Å². The fourth-order valence-electron chi connectivity index (χ4n) is 2.52. The van der Waals surface area contributed by atoms with E-state index in [2.05, 4.69) is 35.6 Å². The average Bonchev–Trinajstić information content (AvgIpc) is 3.09. The van der Waals surface area contributed by atoms with Gasteiger partial charge in [-0.25, -0.2) is 13.1 Å². The van der Waals surface area contributed by atoms with Gasteiger partial charge in [-0.15, -0.1) is 0 Å². The minimum absolute atomic E-state index is 0.0359. The van der Waals surface area contributed by atoms with Gasteiger partial charge in [0.2, 0.25) is 21.7 Å². The van der Waals surface area contributed by atoms with E-state index in [4.69, 9.17) is 4.52 Å². The molecule has 0 saturated heterocycles. The third kappa shape index (κ3) is 4.61. The summed E-state index contributed by atoms with van der Waals surface area (Å²) in [5.74, 6) is 0.638. The molecule has 1 N–H and O–H groups in total. The first-order valence-corrected chi connectivity index (χ1v) is 10.1. The Morgan fingerprint density at radius 1 is 1.00 bits per heavy atom. The maximum Gasteiger partial charge on any atom is 0.242 e. The van der Waals surface area contributed by atoms with E-state index in [0.29, 0.717) is 5.82 Å². The van der Waals surface area contributed by atoms with Crippen molar-refractivity contribution in [3.05, 3.63) is 65.5 Å². The highest BCUT2D eigenvalue weighted by Gasteiger charge is 2.18. The summed E-state index contributed by atoms with van der Waals surface area (Å²) in [5, 5.41) is 3.91. The molecule has 2 aromatic carbocycles. The molecule has 0 unspecified atom stereocenters. The second kappa shape index (κ2) is 7.25. The van der Waals surface area contributed by atoms with Crippen molar-refractivity contribution >= 4 is 10.0 Å². The van der Waals surface area contributed by atoms with E-state index in [9.17, 15) is 8.42 Å². The van der Waals surface area contributed by atoms with E-state index < -0.39 is 10.0 Å². The molecule has 142 valence electrons. The second-order valence-corrected chi connectivity index (χ2v) is 9.24. The van der Waals surface area contributed by atoms with Gasteiger partial charge in [0.25, 0.3) is 0 Å². The Balaban J connectivity index is 1.70. The standard InChI is InChI=1S/C20H23N3O3S/c1-14-5-7-15(8-6-14)19-22-18(26-23-19)13-21-27(24,25)17-11-9-16(10-12-17)20(2,3)4/h5-12,21H,13H2,1-4H3. The van der Waals surface area contributed by atoms with E-state index in [1.807, 2.05) is 43.3 Å². The first-order chi connectivity index (χ1) is 12.6. The number of sulfonamides is 1. The minimum Gasteiger partial charge on any atom is -0.338 e. The first-order valence-electron chi connectivity index (χ1n) is 8.65. The highest BCUT2D eigenvalue weighted by molar-refractivity contribution is 7.89. The zero-order chi connectivity index (χ0) is 19.7. The van der Waals surface area contributed by atoms with E-state index in [1.54, 1.807) is 12.1 Å². The Labute approximate surface area is 159 Å². The van der Waals surface area contributed by atoms with Crippen molar-refractivity contribution in [3.63, 3.8) is 0 Å². The van der Waals surface area contributed by atoms with Gasteiger partial charge in [-0.2, -0.15) is 4.98 Å². The maximum absolute atomic E-state index is 12.5. The third-order valence-corrected chi connectivity index (χ3v) is 5.64. The molecule has 0 amide bonds. The van der Waals surface area contributed by atoms with Gasteiger partial charge in [-0.3, -0.25) is 0 Å². The highest BCUT2D eigenvalue weighted by Crippen LogP contribution is 2.23. The van der Waals surface area contributed by atoms with Crippen LogP contribution in [-0.4, -0.2) is 18.6 Å². The van der Waals surface area contributed by atoms with Crippen LogP contribution in [0.4, 0.5) is 0 Å². The molecular weight excluding hydrogens is 362 g/mol. The fourth-order valence-corrected chi connectivity index (χ4v) is 3.50. The van der Waals surface area contributed by atoms with Crippen LogP contribution in [0.1, 0.15) is 37.8 Å². The molecule has 6 nitrogen and oxygen atoms in total. The molecule has 1 aromatic heterocycles. The number of rotatable bonds is 5. The lowest BCUT2D eigenvalue weighted by atomic mass is 9.87. The molecule has 0 aliphatic carbocycles. The molecule has 27 heavy (non-hydrogen) atoms. The summed E-state index contributed by atoms with van der Waals surface area (Å²) in [4.78, 5) is 4.45. The second-order valence-electron chi connectivity index (χ2n) is 7.48. The van der Waals surface area contributed by atoms with Crippen LogP contribution < -0.4 is 4.72 Å². The molecule has 0 bridgehead atoms. The lowest BCUT2D eigenvalue weighted by Crippen LogP contribution is -2.23. The molecule has 0 saturated carbocycles. The van der Waals surface area contributed by atoms with Crippen molar-refractivity contribution in [3.8, 4) is 11.4 Å². The van der Waals surface area contributed by atoms with Gasteiger partial charge in [0.1, 0.15) is 0 Å². The molecule has 0 atom stereocenters. The molecule has 0 aliphatic rings. The molecule has 0 radical (unpaired) electrons. The molecule has 0 aliphatic heterocycles. The molecular formula is C20H23N3O3S. The summed E-state index contributed by atoms with van der Waals surface area (Å²) in [7, 11) is -3.66. The van der Waals surface area contributed by atoms with Crippen LogP contribution in [0.3, 0.4) is 0 Å². The predicted molar refractivity (Wildman–Crippen MR) is 104 cm³/mol. The summed E-state index contributed by atoms with van der Waals surface area (Å²) in [6.07, 6.45) is 0. The van der Waals surface area contributed by atoms with E-state index in [-0.39, 0.29) is 22.7 Å². The topological polar surface area (TPSA) is 85.1 Å². The molecule has 1 heterocycles. The van der Waals surface area contributed by atoms with E-state index in [1.165, 1.54) is 0 Å². The average molecular weight is 385 g/mol. The summed E-state index contributed by atoms with van der Waals surface area (Å²) < 4.78 is 32.6. The summed E-state index contributed by atoms with van der Waals surface area (Å²) in [6, 6.07) is 14.6. The van der Waals surface area contributed by atoms with Crippen LogP contribution in [0, 0.1) is 6.92 Å². The van der Waals surface area contributed by atoms with Crippen LogP contribution in [0.15, 0.2) is 57.9 Å². The summed E-state index contributed by atoms with van der Waals surface area (Å²) in [6.45, 7) is 8.17. The molecule has 0 fully saturated rings. The normalized spacial score (nSPS) is 12.3. The van der Waals surface area contributed by atoms with Crippen LogP contribution in [0.25, 0.3) is 11.4 Å². The zero-order valence-electron chi connectivity index (χ0n) is 15.9. The number of nitrogens with one attached hydrogen (secondary N) is 1. The smallest absolute Gasteiger partial charge is 0.242 e. The molecule has 7 heteroatoms. The Hall–Kier alpha value is -2.51. The third-order valence-electron chi connectivity index (χ3n) is 4.22. The van der Waals surface area contributed by atoms with Gasteiger partial charge in [-0.1, -0.05) is 67.9 Å². The van der Waals surface area contributed by atoms with Crippen LogP contribution in [0.5, 0.6) is 0 Å². The highest BCUT2D eigenvalue weighted by atomic mass is 32.2. The number of hydrogen-bond donors (Lipinski definition) is 1. The number of benzene rings is 2. The molecule has 0 spiro atoms. The summed E-state index contributed by atoms with van der Waals surface area (Å²) in [5.41, 5.74) is 2.98. The lowest BCUT2D eigenvalue weighted by molar-refractivity contribution is 0.376. The van der Waals surface area contributed by atoms with Gasteiger partial charge < -0.3 is 4.52 Å². The predicted octanol–water partition coefficient (Wildman–Crippen LogP) is 3.82. The fraction of sp³-hybridized carbons (Fsp3) is 0.300. The van der Waals surface area contributed by atoms with Crippen LogP contribution >= 0.6 is 0 Å². The van der Waals surface area contributed by atoms with E-state index >= 15 is 0 Å². The minimum atomic E-state index is -3.66. The first kappa shape index (κ1) is 19.3. The molecule has 3 aromatic rings. The number of nitrogens with zero attached hydrogens (tertiary/aromatic N) is 2. The van der Waals surface area contributed by atoms with Gasteiger partial charge in [0.05, 0.1) is 11.4 Å². The maximum atomic E-state index is 12.5. The van der Waals surface area contributed by atoms with Crippen molar-refractivity contribution in [1.82, 2.24) is 14.9 Å². The van der Waals surface area contributed by atoms with Crippen molar-refractivity contribution in [2.75, 3.05) is 0 Å². The van der Waals surface area contributed by atoms with Crippen molar-refractivity contribution < 1.29 is 12.9 Å². The van der Waals surface area contributed by atoms with Crippen molar-refractivity contribution in [2.24, 2.45) is 0 Å². The SMILES string of the molecule is Cc1ccc(-c2noc(CNS(=O)(=O)c3ccc(C(C)(C)C)cc3)n2)cc1.